The van der Waals surface area contributed by atoms with Crippen LogP contribution in [0.25, 0.3) is 22.9 Å². The van der Waals surface area contributed by atoms with Crippen molar-refractivity contribution in [2.75, 3.05) is 14.2 Å². The largest absolute Gasteiger partial charge is 0.493 e. The van der Waals surface area contributed by atoms with Crippen LogP contribution in [0.2, 0.25) is 0 Å². The first-order valence-corrected chi connectivity index (χ1v) is 9.31. The lowest BCUT2D eigenvalue weighted by molar-refractivity contribution is 0.354. The van der Waals surface area contributed by atoms with Crippen LogP contribution in [0.3, 0.4) is 0 Å². The molecule has 0 aliphatic heterocycles. The molecule has 0 N–H and O–H groups in total. The lowest BCUT2D eigenvalue weighted by Crippen LogP contribution is -1.93. The highest BCUT2D eigenvalue weighted by Crippen LogP contribution is 2.34. The summed E-state index contributed by atoms with van der Waals surface area (Å²) in [6, 6.07) is 14.1. The van der Waals surface area contributed by atoms with Crippen molar-refractivity contribution in [3.63, 3.8) is 0 Å². The maximum Gasteiger partial charge on any atom is 0.167 e. The van der Waals surface area contributed by atoms with E-state index < -0.39 is 0 Å². The van der Waals surface area contributed by atoms with E-state index in [9.17, 15) is 5.26 Å². The molecule has 136 valence electrons. The molecule has 0 atom stereocenters. The third kappa shape index (κ3) is 3.86. The van der Waals surface area contributed by atoms with E-state index in [0.717, 1.165) is 16.8 Å². The Morgan fingerprint density at radius 2 is 1.96 bits per heavy atom. The van der Waals surface area contributed by atoms with Gasteiger partial charge in [-0.05, 0) is 31.6 Å². The Hall–Kier alpha value is -3.10. The second-order valence-electron chi connectivity index (χ2n) is 6.11. The predicted molar refractivity (Wildman–Crippen MR) is 110 cm³/mol. The topological polar surface area (TPSA) is 55.1 Å². The molecule has 1 heterocycles. The second-order valence-corrected chi connectivity index (χ2v) is 6.97. The van der Waals surface area contributed by atoms with Gasteiger partial charge < -0.3 is 9.47 Å². The molecule has 0 radical (unpaired) electrons. The van der Waals surface area contributed by atoms with Gasteiger partial charge in [-0.1, -0.05) is 35.9 Å². The number of hydrogen-bond acceptors (Lipinski definition) is 5. The molecule has 0 aliphatic rings. The first kappa shape index (κ1) is 18.7. The minimum Gasteiger partial charge on any atom is -0.493 e. The van der Waals surface area contributed by atoms with E-state index in [1.165, 1.54) is 22.5 Å². The van der Waals surface area contributed by atoms with Crippen molar-refractivity contribution >= 4 is 23.0 Å². The summed E-state index contributed by atoms with van der Waals surface area (Å²) in [7, 11) is 3.18. The molecular weight excluding hydrogens is 356 g/mol. The van der Waals surface area contributed by atoms with E-state index in [1.807, 2.05) is 23.6 Å². The molecule has 0 saturated carbocycles. The lowest BCUT2D eigenvalue weighted by atomic mass is 10.0. The Bertz CT molecular complexity index is 1040. The molecule has 0 saturated heterocycles. The number of thiazole rings is 1. The number of rotatable bonds is 5. The van der Waals surface area contributed by atoms with E-state index in [0.29, 0.717) is 22.1 Å². The van der Waals surface area contributed by atoms with Crippen molar-refractivity contribution in [2.24, 2.45) is 0 Å². The standard InChI is InChI=1S/C22H20N2O2S/c1-14-8-9-18(15(2)10-14)19-13-27-22(24-19)17(12-23)11-16-6-5-7-20(25-3)21(16)26-4/h5-11,13H,1-4H3/b17-11+. The Balaban J connectivity index is 2.02. The van der Waals surface area contributed by atoms with Crippen LogP contribution in [-0.2, 0) is 0 Å². The van der Waals surface area contributed by atoms with Gasteiger partial charge in [-0.3, -0.25) is 0 Å². The van der Waals surface area contributed by atoms with E-state index in [4.69, 9.17) is 14.5 Å². The van der Waals surface area contributed by atoms with Crippen LogP contribution in [0.4, 0.5) is 0 Å². The van der Waals surface area contributed by atoms with E-state index in [-0.39, 0.29) is 0 Å². The summed E-state index contributed by atoms with van der Waals surface area (Å²) >= 11 is 1.46. The molecule has 0 bridgehead atoms. The zero-order chi connectivity index (χ0) is 19.4. The van der Waals surface area contributed by atoms with Gasteiger partial charge in [0, 0.05) is 16.5 Å². The lowest BCUT2D eigenvalue weighted by Gasteiger charge is -2.10. The number of hydrogen-bond donors (Lipinski definition) is 0. The number of aromatic nitrogens is 1. The van der Waals surface area contributed by atoms with E-state index >= 15 is 0 Å². The van der Waals surface area contributed by atoms with Crippen molar-refractivity contribution in [1.82, 2.24) is 4.98 Å². The molecule has 0 spiro atoms. The molecule has 2 aromatic carbocycles. The Morgan fingerprint density at radius 3 is 2.63 bits per heavy atom. The molecule has 1 aromatic heterocycles. The van der Waals surface area contributed by atoms with Crippen LogP contribution in [-0.4, -0.2) is 19.2 Å². The smallest absolute Gasteiger partial charge is 0.167 e. The summed E-state index contributed by atoms with van der Waals surface area (Å²) in [4.78, 5) is 4.69. The van der Waals surface area contributed by atoms with Crippen LogP contribution >= 0.6 is 11.3 Å². The second kappa shape index (κ2) is 8.07. The van der Waals surface area contributed by atoms with Crippen LogP contribution < -0.4 is 9.47 Å². The number of benzene rings is 2. The van der Waals surface area contributed by atoms with Gasteiger partial charge in [0.2, 0.25) is 0 Å². The highest BCUT2D eigenvalue weighted by atomic mass is 32.1. The SMILES string of the molecule is COc1cccc(/C=C(\C#N)c2nc(-c3ccc(C)cc3C)cs2)c1OC. The summed E-state index contributed by atoms with van der Waals surface area (Å²) in [5.74, 6) is 1.22. The van der Waals surface area contributed by atoms with Crippen molar-refractivity contribution in [2.45, 2.75) is 13.8 Å². The molecule has 3 aromatic rings. The molecule has 0 aliphatic carbocycles. The number of aryl methyl sites for hydroxylation is 2. The van der Waals surface area contributed by atoms with E-state index in [2.05, 4.69) is 38.1 Å². The number of nitriles is 1. The molecule has 27 heavy (non-hydrogen) atoms. The van der Waals surface area contributed by atoms with Crippen molar-refractivity contribution in [1.29, 1.82) is 5.26 Å². The number of allylic oxidation sites excluding steroid dienone is 1. The van der Waals surface area contributed by atoms with Crippen molar-refractivity contribution < 1.29 is 9.47 Å². The van der Waals surface area contributed by atoms with Gasteiger partial charge in [0.05, 0.1) is 25.5 Å². The van der Waals surface area contributed by atoms with Crippen LogP contribution in [0.1, 0.15) is 21.7 Å². The molecule has 3 rings (SSSR count). The Labute approximate surface area is 163 Å². The van der Waals surface area contributed by atoms with Gasteiger partial charge in [-0.25, -0.2) is 4.98 Å². The predicted octanol–water partition coefficient (Wildman–Crippen LogP) is 5.51. The number of ether oxygens (including phenoxy) is 2. The first-order chi connectivity index (χ1) is 13.1. The monoisotopic (exact) mass is 376 g/mol. The molecular formula is C22H20N2O2S. The molecule has 4 nitrogen and oxygen atoms in total. The van der Waals surface area contributed by atoms with Crippen molar-refractivity contribution in [3.8, 4) is 28.8 Å². The zero-order valence-electron chi connectivity index (χ0n) is 15.7. The Morgan fingerprint density at radius 1 is 1.15 bits per heavy atom. The van der Waals surface area contributed by atoms with Crippen LogP contribution in [0.5, 0.6) is 11.5 Å². The quantitative estimate of drug-likeness (QED) is 0.551. The van der Waals surface area contributed by atoms with Crippen molar-refractivity contribution in [3.05, 3.63) is 63.5 Å². The third-order valence-corrected chi connectivity index (χ3v) is 5.12. The summed E-state index contributed by atoms with van der Waals surface area (Å²) in [5.41, 5.74) is 5.61. The summed E-state index contributed by atoms with van der Waals surface area (Å²) in [6.07, 6.45) is 1.78. The average molecular weight is 376 g/mol. The molecule has 0 amide bonds. The summed E-state index contributed by atoms with van der Waals surface area (Å²) in [5, 5.41) is 12.3. The van der Waals surface area contributed by atoms with Gasteiger partial charge in [0.1, 0.15) is 11.1 Å². The first-order valence-electron chi connectivity index (χ1n) is 8.43. The molecule has 0 fully saturated rings. The number of para-hydroxylation sites is 1. The number of methoxy groups -OCH3 is 2. The Kier molecular flexibility index (Phi) is 5.58. The van der Waals surface area contributed by atoms with Gasteiger partial charge >= 0.3 is 0 Å². The fraction of sp³-hybridized carbons (Fsp3) is 0.182. The van der Waals surface area contributed by atoms with E-state index in [1.54, 1.807) is 20.3 Å². The van der Waals surface area contributed by atoms with Gasteiger partial charge in [0.15, 0.2) is 11.5 Å². The minimum atomic E-state index is 0.488. The third-order valence-electron chi connectivity index (χ3n) is 4.25. The van der Waals surface area contributed by atoms with Gasteiger partial charge in [-0.15, -0.1) is 11.3 Å². The summed E-state index contributed by atoms with van der Waals surface area (Å²) < 4.78 is 10.8. The highest BCUT2D eigenvalue weighted by molar-refractivity contribution is 7.11. The van der Waals surface area contributed by atoms with Crippen LogP contribution in [0.15, 0.2) is 41.8 Å². The maximum absolute atomic E-state index is 9.68. The minimum absolute atomic E-state index is 0.488. The fourth-order valence-corrected chi connectivity index (χ4v) is 3.73. The normalized spacial score (nSPS) is 11.1. The highest BCUT2D eigenvalue weighted by Gasteiger charge is 2.13. The average Bonchev–Trinajstić information content (AvgIpc) is 3.15. The molecule has 5 heteroatoms. The summed E-state index contributed by atoms with van der Waals surface area (Å²) in [6.45, 7) is 4.14. The van der Waals surface area contributed by atoms with Gasteiger partial charge in [0.25, 0.3) is 0 Å². The van der Waals surface area contributed by atoms with Crippen LogP contribution in [0, 0.1) is 25.2 Å². The molecule has 0 unspecified atom stereocenters. The van der Waals surface area contributed by atoms with Gasteiger partial charge in [-0.2, -0.15) is 5.26 Å². The fourth-order valence-electron chi connectivity index (χ4n) is 2.95. The zero-order valence-corrected chi connectivity index (χ0v) is 16.6. The maximum atomic E-state index is 9.68. The number of nitrogens with zero attached hydrogens (tertiary/aromatic N) is 2.